The maximum absolute atomic E-state index is 11.7. The normalized spacial score (nSPS) is 12.4. The highest BCUT2D eigenvalue weighted by molar-refractivity contribution is 5.84. The van der Waals surface area contributed by atoms with Crippen LogP contribution in [0.15, 0.2) is 75.2 Å². The van der Waals surface area contributed by atoms with Crippen LogP contribution in [0.2, 0.25) is 0 Å². The molecule has 0 spiro atoms. The van der Waals surface area contributed by atoms with Crippen LogP contribution in [-0.4, -0.2) is 0 Å². The van der Waals surface area contributed by atoms with Gasteiger partial charge < -0.3 is 8.83 Å². The second-order valence-corrected chi connectivity index (χ2v) is 4.65. The van der Waals surface area contributed by atoms with Crippen molar-refractivity contribution in [3.63, 3.8) is 0 Å². The first kappa shape index (κ1) is 12.5. The molecule has 1 atom stereocenters. The largest absolute Gasteiger partial charge is 0.469 e. The highest BCUT2D eigenvalue weighted by atomic mass is 16.4. The van der Waals surface area contributed by atoms with Gasteiger partial charge in [0.2, 0.25) is 0 Å². The Bertz CT molecular complexity index is 781. The van der Waals surface area contributed by atoms with Crippen molar-refractivity contribution in [3.05, 3.63) is 83.3 Å². The fourth-order valence-electron chi connectivity index (χ4n) is 2.41. The topological polar surface area (TPSA) is 43.4 Å². The van der Waals surface area contributed by atoms with Gasteiger partial charge in [-0.2, -0.15) is 0 Å². The van der Waals surface area contributed by atoms with Crippen molar-refractivity contribution in [1.29, 1.82) is 0 Å². The Morgan fingerprint density at radius 2 is 1.90 bits per heavy atom. The summed E-state index contributed by atoms with van der Waals surface area (Å²) in [5, 5.41) is 1.50. The van der Waals surface area contributed by atoms with E-state index in [4.69, 9.17) is 8.83 Å². The average molecular weight is 266 g/mol. The number of hydrogen-bond acceptors (Lipinski definition) is 3. The Labute approximate surface area is 116 Å². The predicted octanol–water partition coefficient (Wildman–Crippen LogP) is 3.90. The molecule has 0 aliphatic rings. The molecule has 3 rings (SSSR count). The fourth-order valence-corrected chi connectivity index (χ4v) is 2.41. The van der Waals surface area contributed by atoms with Gasteiger partial charge in [-0.3, -0.25) is 0 Å². The molecule has 0 saturated heterocycles. The molecule has 100 valence electrons. The Morgan fingerprint density at radius 3 is 2.60 bits per heavy atom. The minimum Gasteiger partial charge on any atom is -0.469 e. The van der Waals surface area contributed by atoms with E-state index in [2.05, 4.69) is 6.58 Å². The maximum Gasteiger partial charge on any atom is 0.343 e. The zero-order valence-corrected chi connectivity index (χ0v) is 10.9. The quantitative estimate of drug-likeness (QED) is 0.673. The van der Waals surface area contributed by atoms with Crippen molar-refractivity contribution in [2.75, 3.05) is 0 Å². The number of allylic oxidation sites excluding steroid dienone is 1. The molecule has 0 aliphatic heterocycles. The molecule has 0 N–H and O–H groups in total. The maximum atomic E-state index is 11.7. The van der Waals surface area contributed by atoms with Gasteiger partial charge in [-0.15, -0.1) is 6.58 Å². The molecule has 2 aromatic heterocycles. The molecule has 1 aromatic carbocycles. The third kappa shape index (κ3) is 2.18. The molecule has 2 heterocycles. The van der Waals surface area contributed by atoms with Gasteiger partial charge in [0.05, 0.1) is 17.9 Å². The third-order valence-corrected chi connectivity index (χ3v) is 3.44. The van der Waals surface area contributed by atoms with Crippen LogP contribution in [0.4, 0.5) is 0 Å². The molecule has 0 bridgehead atoms. The third-order valence-electron chi connectivity index (χ3n) is 3.44. The van der Waals surface area contributed by atoms with Crippen molar-refractivity contribution in [2.24, 2.45) is 0 Å². The van der Waals surface area contributed by atoms with E-state index in [1.807, 2.05) is 36.4 Å². The van der Waals surface area contributed by atoms with Crippen LogP contribution in [0, 0.1) is 0 Å². The lowest BCUT2D eigenvalue weighted by molar-refractivity contribution is 0.489. The molecule has 1 unspecified atom stereocenters. The molecule has 0 aliphatic carbocycles. The van der Waals surface area contributed by atoms with Gasteiger partial charge in [-0.05, 0) is 23.6 Å². The van der Waals surface area contributed by atoms with Crippen LogP contribution >= 0.6 is 0 Å². The van der Waals surface area contributed by atoms with Crippen molar-refractivity contribution in [1.82, 2.24) is 0 Å². The highest BCUT2D eigenvalue weighted by Crippen LogP contribution is 2.27. The van der Waals surface area contributed by atoms with Crippen molar-refractivity contribution in [2.45, 2.75) is 12.3 Å². The SMILES string of the molecule is C=CC(Cc1ccco1)c1coc(=O)c2ccccc12. The Morgan fingerprint density at radius 1 is 1.10 bits per heavy atom. The fraction of sp³-hybridized carbons (Fsp3) is 0.118. The van der Waals surface area contributed by atoms with Crippen LogP contribution in [0.25, 0.3) is 10.8 Å². The first-order valence-electron chi connectivity index (χ1n) is 6.45. The van der Waals surface area contributed by atoms with E-state index in [1.54, 1.807) is 12.3 Å². The summed E-state index contributed by atoms with van der Waals surface area (Å²) in [6.07, 6.45) is 5.72. The summed E-state index contributed by atoms with van der Waals surface area (Å²) in [6, 6.07) is 11.2. The van der Waals surface area contributed by atoms with E-state index in [-0.39, 0.29) is 11.5 Å². The van der Waals surface area contributed by atoms with Crippen LogP contribution in [0.5, 0.6) is 0 Å². The standard InChI is InChI=1S/C17H14O3/c1-2-12(10-13-6-5-9-19-13)16-11-20-17(18)15-8-4-3-7-14(15)16/h2-9,11-12H,1,10H2. The molecular formula is C17H14O3. The smallest absolute Gasteiger partial charge is 0.343 e. The zero-order chi connectivity index (χ0) is 13.9. The summed E-state index contributed by atoms with van der Waals surface area (Å²) in [5.41, 5.74) is 0.636. The summed E-state index contributed by atoms with van der Waals surface area (Å²) in [6.45, 7) is 3.89. The van der Waals surface area contributed by atoms with Gasteiger partial charge in [0.25, 0.3) is 0 Å². The van der Waals surface area contributed by atoms with E-state index in [0.29, 0.717) is 11.8 Å². The minimum atomic E-state index is -0.315. The number of benzene rings is 1. The van der Waals surface area contributed by atoms with E-state index in [1.165, 1.54) is 6.26 Å². The molecule has 0 fully saturated rings. The van der Waals surface area contributed by atoms with Crippen molar-refractivity contribution >= 4 is 10.8 Å². The summed E-state index contributed by atoms with van der Waals surface area (Å²) >= 11 is 0. The average Bonchev–Trinajstić information content (AvgIpc) is 2.99. The van der Waals surface area contributed by atoms with Crippen LogP contribution < -0.4 is 5.63 Å². The summed E-state index contributed by atoms with van der Waals surface area (Å²) in [4.78, 5) is 11.7. The van der Waals surface area contributed by atoms with E-state index >= 15 is 0 Å². The second-order valence-electron chi connectivity index (χ2n) is 4.65. The van der Waals surface area contributed by atoms with E-state index in [9.17, 15) is 4.79 Å². The van der Waals surface area contributed by atoms with E-state index in [0.717, 1.165) is 16.7 Å². The molecule has 0 radical (unpaired) electrons. The minimum absolute atomic E-state index is 0.0374. The Hall–Kier alpha value is -2.55. The van der Waals surface area contributed by atoms with Crippen LogP contribution in [0.1, 0.15) is 17.2 Å². The number of hydrogen-bond donors (Lipinski definition) is 0. The molecular weight excluding hydrogens is 252 g/mol. The van der Waals surface area contributed by atoms with Gasteiger partial charge in [0.1, 0.15) is 5.76 Å². The molecule has 3 aromatic rings. The summed E-state index contributed by atoms with van der Waals surface area (Å²) in [5.74, 6) is 0.917. The number of furan rings is 1. The Balaban J connectivity index is 2.10. The lowest BCUT2D eigenvalue weighted by Crippen LogP contribution is -2.05. The van der Waals surface area contributed by atoms with Gasteiger partial charge in [-0.25, -0.2) is 4.79 Å². The molecule has 3 heteroatoms. The second kappa shape index (κ2) is 5.21. The van der Waals surface area contributed by atoms with Gasteiger partial charge >= 0.3 is 5.63 Å². The lowest BCUT2D eigenvalue weighted by Gasteiger charge is -2.13. The van der Waals surface area contributed by atoms with Crippen molar-refractivity contribution < 1.29 is 8.83 Å². The van der Waals surface area contributed by atoms with Crippen LogP contribution in [-0.2, 0) is 6.42 Å². The van der Waals surface area contributed by atoms with Crippen molar-refractivity contribution in [3.8, 4) is 0 Å². The summed E-state index contributed by atoms with van der Waals surface area (Å²) < 4.78 is 10.5. The molecule has 0 saturated carbocycles. The number of rotatable bonds is 4. The van der Waals surface area contributed by atoms with Gasteiger partial charge in [0, 0.05) is 17.9 Å². The van der Waals surface area contributed by atoms with Crippen LogP contribution in [0.3, 0.4) is 0 Å². The van der Waals surface area contributed by atoms with E-state index < -0.39 is 0 Å². The molecule has 0 amide bonds. The first-order valence-corrected chi connectivity index (χ1v) is 6.45. The lowest BCUT2D eigenvalue weighted by atomic mass is 9.92. The first-order chi connectivity index (χ1) is 9.79. The monoisotopic (exact) mass is 266 g/mol. The highest BCUT2D eigenvalue weighted by Gasteiger charge is 2.15. The zero-order valence-electron chi connectivity index (χ0n) is 10.9. The van der Waals surface area contributed by atoms with Gasteiger partial charge in [-0.1, -0.05) is 24.3 Å². The predicted molar refractivity (Wildman–Crippen MR) is 77.8 cm³/mol. The number of fused-ring (bicyclic) bond motifs is 1. The summed E-state index contributed by atoms with van der Waals surface area (Å²) in [7, 11) is 0. The van der Waals surface area contributed by atoms with Gasteiger partial charge in [0.15, 0.2) is 0 Å². The Kier molecular flexibility index (Phi) is 3.25. The molecule has 3 nitrogen and oxygen atoms in total. The molecule has 20 heavy (non-hydrogen) atoms.